The highest BCUT2D eigenvalue weighted by Gasteiger charge is 2.06. The van der Waals surface area contributed by atoms with Crippen molar-refractivity contribution in [3.05, 3.63) is 17.7 Å². The van der Waals surface area contributed by atoms with Crippen molar-refractivity contribution in [2.45, 2.75) is 40.3 Å². The lowest BCUT2D eigenvalue weighted by atomic mass is 10.2. The summed E-state index contributed by atoms with van der Waals surface area (Å²) in [7, 11) is 1.69. The quantitative estimate of drug-likeness (QED) is 0.631. The van der Waals surface area contributed by atoms with Gasteiger partial charge in [-0.2, -0.15) is 0 Å². The van der Waals surface area contributed by atoms with E-state index in [0.717, 1.165) is 38.5 Å². The van der Waals surface area contributed by atoms with Gasteiger partial charge >= 0.3 is 0 Å². The molecule has 0 unspecified atom stereocenters. The molecule has 1 aromatic heterocycles. The summed E-state index contributed by atoms with van der Waals surface area (Å²) in [5, 5.41) is 3.46. The number of hydrogen-bond donors (Lipinski definition) is 1. The number of imidazole rings is 1. The fourth-order valence-corrected chi connectivity index (χ4v) is 2.02. The van der Waals surface area contributed by atoms with Gasteiger partial charge in [0.05, 0.1) is 18.9 Å². The van der Waals surface area contributed by atoms with E-state index in [-0.39, 0.29) is 0 Å². The summed E-state index contributed by atoms with van der Waals surface area (Å²) in [5.41, 5.74) is 1.25. The molecule has 0 saturated carbocycles. The molecule has 5 heteroatoms. The van der Waals surface area contributed by atoms with Gasteiger partial charge in [-0.05, 0) is 25.8 Å². The molecule has 5 nitrogen and oxygen atoms in total. The van der Waals surface area contributed by atoms with Gasteiger partial charge in [-0.15, -0.1) is 0 Å². The largest absolute Gasteiger partial charge is 0.382 e. The highest BCUT2D eigenvalue weighted by molar-refractivity contribution is 5.04. The topological polar surface area (TPSA) is 48.3 Å². The molecule has 0 radical (unpaired) electrons. The SMILES string of the molecule is COCCOCCCn1c(CNCC(C)C)cnc1C. The van der Waals surface area contributed by atoms with E-state index in [4.69, 9.17) is 9.47 Å². The van der Waals surface area contributed by atoms with Gasteiger partial charge in [0.25, 0.3) is 0 Å². The zero-order chi connectivity index (χ0) is 14.8. The zero-order valence-corrected chi connectivity index (χ0v) is 13.3. The van der Waals surface area contributed by atoms with Crippen molar-refractivity contribution < 1.29 is 9.47 Å². The van der Waals surface area contributed by atoms with E-state index in [1.54, 1.807) is 7.11 Å². The monoisotopic (exact) mass is 283 g/mol. The van der Waals surface area contributed by atoms with E-state index in [1.807, 2.05) is 6.20 Å². The summed E-state index contributed by atoms with van der Waals surface area (Å²) < 4.78 is 12.7. The van der Waals surface area contributed by atoms with Gasteiger partial charge in [0.15, 0.2) is 0 Å². The minimum Gasteiger partial charge on any atom is -0.382 e. The first-order chi connectivity index (χ1) is 9.65. The van der Waals surface area contributed by atoms with Gasteiger partial charge in [-0.3, -0.25) is 0 Å². The lowest BCUT2D eigenvalue weighted by Crippen LogP contribution is -2.21. The number of nitrogens with zero attached hydrogens (tertiary/aromatic N) is 2. The Morgan fingerprint density at radius 1 is 1.30 bits per heavy atom. The standard InChI is InChI=1S/C15H29N3O2/c1-13(2)10-16-11-15-12-17-14(3)18(15)6-5-7-20-9-8-19-4/h12-13,16H,5-11H2,1-4H3. The third-order valence-corrected chi connectivity index (χ3v) is 3.10. The molecule has 1 heterocycles. The van der Waals surface area contributed by atoms with Crippen molar-refractivity contribution in [3.63, 3.8) is 0 Å². The lowest BCUT2D eigenvalue weighted by Gasteiger charge is -2.12. The fourth-order valence-electron chi connectivity index (χ4n) is 2.02. The maximum atomic E-state index is 5.49. The molecule has 0 spiro atoms. The minimum absolute atomic E-state index is 0.661. The molecule has 20 heavy (non-hydrogen) atoms. The van der Waals surface area contributed by atoms with Crippen molar-refractivity contribution in [1.82, 2.24) is 14.9 Å². The summed E-state index contributed by atoms with van der Waals surface area (Å²) in [6.07, 6.45) is 2.96. The second kappa shape index (κ2) is 9.91. The summed E-state index contributed by atoms with van der Waals surface area (Å²) in [5.74, 6) is 1.74. The van der Waals surface area contributed by atoms with E-state index in [1.165, 1.54) is 5.69 Å². The van der Waals surface area contributed by atoms with E-state index >= 15 is 0 Å². The highest BCUT2D eigenvalue weighted by Crippen LogP contribution is 2.06. The third kappa shape index (κ3) is 6.50. The van der Waals surface area contributed by atoms with Gasteiger partial charge in [0, 0.05) is 33.0 Å². The maximum Gasteiger partial charge on any atom is 0.105 e. The lowest BCUT2D eigenvalue weighted by molar-refractivity contribution is 0.0679. The van der Waals surface area contributed by atoms with Gasteiger partial charge in [0.2, 0.25) is 0 Å². The van der Waals surface area contributed by atoms with Crippen LogP contribution in [0.2, 0.25) is 0 Å². The van der Waals surface area contributed by atoms with Crippen molar-refractivity contribution in [2.24, 2.45) is 5.92 Å². The van der Waals surface area contributed by atoms with Crippen molar-refractivity contribution in [3.8, 4) is 0 Å². The molecule has 0 aliphatic heterocycles. The molecule has 0 aliphatic carbocycles. The first-order valence-electron chi connectivity index (χ1n) is 7.43. The smallest absolute Gasteiger partial charge is 0.105 e. The number of aryl methyl sites for hydroxylation is 1. The first-order valence-corrected chi connectivity index (χ1v) is 7.43. The van der Waals surface area contributed by atoms with Crippen LogP contribution in [0.1, 0.15) is 31.8 Å². The van der Waals surface area contributed by atoms with Crippen molar-refractivity contribution in [1.29, 1.82) is 0 Å². The average molecular weight is 283 g/mol. The molecule has 1 N–H and O–H groups in total. The zero-order valence-electron chi connectivity index (χ0n) is 13.3. The number of methoxy groups -OCH3 is 1. The molecule has 0 aromatic carbocycles. The molecule has 116 valence electrons. The Morgan fingerprint density at radius 3 is 2.80 bits per heavy atom. The van der Waals surface area contributed by atoms with Crippen LogP contribution >= 0.6 is 0 Å². The van der Waals surface area contributed by atoms with Gasteiger partial charge in [-0.1, -0.05) is 13.8 Å². The van der Waals surface area contributed by atoms with Crippen LogP contribution in [-0.2, 0) is 22.6 Å². The molecular weight excluding hydrogens is 254 g/mol. The second-order valence-corrected chi connectivity index (χ2v) is 5.43. The normalized spacial score (nSPS) is 11.4. The van der Waals surface area contributed by atoms with Crippen LogP contribution in [0.3, 0.4) is 0 Å². The summed E-state index contributed by atoms with van der Waals surface area (Å²) in [4.78, 5) is 4.40. The molecule has 1 aromatic rings. The molecule has 0 atom stereocenters. The fraction of sp³-hybridized carbons (Fsp3) is 0.800. The Hall–Kier alpha value is -0.910. The number of nitrogens with one attached hydrogen (secondary N) is 1. The summed E-state index contributed by atoms with van der Waals surface area (Å²) in [6.45, 7) is 11.4. The van der Waals surface area contributed by atoms with Gasteiger partial charge in [-0.25, -0.2) is 4.98 Å². The molecular formula is C15H29N3O2. The Kier molecular flexibility index (Phi) is 8.49. The van der Waals surface area contributed by atoms with E-state index < -0.39 is 0 Å². The van der Waals surface area contributed by atoms with Gasteiger partial charge in [0.1, 0.15) is 5.82 Å². The van der Waals surface area contributed by atoms with Crippen molar-refractivity contribution >= 4 is 0 Å². The van der Waals surface area contributed by atoms with Crippen LogP contribution in [0.15, 0.2) is 6.20 Å². The number of rotatable bonds is 11. The second-order valence-electron chi connectivity index (χ2n) is 5.43. The van der Waals surface area contributed by atoms with E-state index in [0.29, 0.717) is 19.1 Å². The van der Waals surface area contributed by atoms with E-state index in [9.17, 15) is 0 Å². The number of aromatic nitrogens is 2. The van der Waals surface area contributed by atoms with Crippen LogP contribution in [0.5, 0.6) is 0 Å². The first kappa shape index (κ1) is 17.1. The predicted octanol–water partition coefficient (Wildman–Crippen LogP) is 1.99. The van der Waals surface area contributed by atoms with Crippen LogP contribution in [0, 0.1) is 12.8 Å². The number of ether oxygens (including phenoxy) is 2. The molecule has 0 fully saturated rings. The third-order valence-electron chi connectivity index (χ3n) is 3.10. The van der Waals surface area contributed by atoms with Crippen LogP contribution in [0.4, 0.5) is 0 Å². The van der Waals surface area contributed by atoms with Crippen LogP contribution in [0.25, 0.3) is 0 Å². The highest BCUT2D eigenvalue weighted by atomic mass is 16.5. The Balaban J connectivity index is 2.31. The molecule has 1 rings (SSSR count). The van der Waals surface area contributed by atoms with Gasteiger partial charge < -0.3 is 19.4 Å². The Morgan fingerprint density at radius 2 is 2.10 bits per heavy atom. The number of hydrogen-bond acceptors (Lipinski definition) is 4. The minimum atomic E-state index is 0.661. The molecule has 0 amide bonds. The van der Waals surface area contributed by atoms with Crippen LogP contribution < -0.4 is 5.32 Å². The summed E-state index contributed by atoms with van der Waals surface area (Å²) in [6, 6.07) is 0. The molecule has 0 aliphatic rings. The van der Waals surface area contributed by atoms with Crippen molar-refractivity contribution in [2.75, 3.05) is 33.5 Å². The Bertz CT molecular complexity index is 364. The maximum absolute atomic E-state index is 5.49. The van der Waals surface area contributed by atoms with Crippen LogP contribution in [-0.4, -0.2) is 43.0 Å². The molecule has 0 saturated heterocycles. The molecule has 0 bridgehead atoms. The van der Waals surface area contributed by atoms with E-state index in [2.05, 4.69) is 35.6 Å². The Labute approximate surface area is 122 Å². The average Bonchev–Trinajstić information content (AvgIpc) is 2.75. The summed E-state index contributed by atoms with van der Waals surface area (Å²) >= 11 is 0. The predicted molar refractivity (Wildman–Crippen MR) is 80.8 cm³/mol.